The molecule has 0 unspecified atom stereocenters. The number of halogens is 1. The molecular formula is C24H28ClNO3. The Hall–Kier alpha value is -2.20. The predicted octanol–water partition coefficient (Wildman–Crippen LogP) is 5.46. The molecule has 4 rings (SSSR count). The maximum Gasteiger partial charge on any atom is 0.254 e. The van der Waals surface area contributed by atoms with Crippen LogP contribution in [-0.4, -0.2) is 36.4 Å². The number of hydrogen-bond donors (Lipinski definition) is 0. The predicted molar refractivity (Wildman–Crippen MR) is 115 cm³/mol. The fraction of sp³-hybridized carbons (Fsp3) is 0.458. The molecule has 1 amide bonds. The first kappa shape index (κ1) is 20.1. The molecule has 0 N–H and O–H groups in total. The van der Waals surface area contributed by atoms with Crippen LogP contribution in [0.4, 0.5) is 0 Å². The zero-order chi connectivity index (χ0) is 20.4. The van der Waals surface area contributed by atoms with E-state index in [1.807, 2.05) is 23.1 Å². The number of carbonyl (C=O) groups is 1. The summed E-state index contributed by atoms with van der Waals surface area (Å²) in [4.78, 5) is 15.5. The average Bonchev–Trinajstić information content (AvgIpc) is 2.77. The summed E-state index contributed by atoms with van der Waals surface area (Å²) in [5, 5.41) is 0. The lowest BCUT2D eigenvalue weighted by atomic mass is 9.68. The van der Waals surface area contributed by atoms with Crippen LogP contribution in [-0.2, 0) is 0 Å². The molecule has 2 aromatic rings. The highest BCUT2D eigenvalue weighted by Crippen LogP contribution is 2.53. The highest BCUT2D eigenvalue weighted by Gasteiger charge is 2.50. The number of alkyl halides is 1. The summed E-state index contributed by atoms with van der Waals surface area (Å²) >= 11 is 7.15. The Kier molecular flexibility index (Phi) is 5.73. The van der Waals surface area contributed by atoms with Crippen LogP contribution in [0.25, 0.3) is 0 Å². The van der Waals surface area contributed by atoms with Crippen LogP contribution in [0, 0.1) is 5.92 Å². The lowest BCUT2D eigenvalue weighted by molar-refractivity contribution is 0.0279. The van der Waals surface area contributed by atoms with E-state index in [0.717, 1.165) is 31.2 Å². The van der Waals surface area contributed by atoms with Gasteiger partial charge in [0.1, 0.15) is 11.5 Å². The molecule has 4 nitrogen and oxygen atoms in total. The van der Waals surface area contributed by atoms with Gasteiger partial charge in [0.05, 0.1) is 25.1 Å². The van der Waals surface area contributed by atoms with Gasteiger partial charge in [-0.15, -0.1) is 11.6 Å². The molecule has 1 aliphatic carbocycles. The Labute approximate surface area is 177 Å². The molecule has 0 radical (unpaired) electrons. The van der Waals surface area contributed by atoms with Gasteiger partial charge in [0.25, 0.3) is 5.91 Å². The molecule has 0 bridgehead atoms. The van der Waals surface area contributed by atoms with E-state index in [2.05, 4.69) is 12.1 Å². The number of fused-ring (bicyclic) bond motifs is 1. The molecule has 1 aliphatic heterocycles. The molecule has 3 atom stereocenters. The van der Waals surface area contributed by atoms with Gasteiger partial charge in [-0.3, -0.25) is 4.79 Å². The van der Waals surface area contributed by atoms with Crippen molar-refractivity contribution in [1.29, 1.82) is 0 Å². The number of rotatable bonds is 4. The van der Waals surface area contributed by atoms with E-state index in [4.69, 9.17) is 21.1 Å². The van der Waals surface area contributed by atoms with E-state index in [0.29, 0.717) is 23.6 Å². The number of amides is 1. The second-order valence-electron chi connectivity index (χ2n) is 8.09. The van der Waals surface area contributed by atoms with Crippen molar-refractivity contribution in [2.24, 2.45) is 5.92 Å². The van der Waals surface area contributed by atoms with E-state index < -0.39 is 0 Å². The molecule has 5 heteroatoms. The van der Waals surface area contributed by atoms with Crippen LogP contribution in [0.1, 0.15) is 54.1 Å². The Morgan fingerprint density at radius 1 is 1.03 bits per heavy atom. The third kappa shape index (κ3) is 3.83. The average molecular weight is 414 g/mol. The summed E-state index contributed by atoms with van der Waals surface area (Å²) in [5.74, 6) is 1.49. The van der Waals surface area contributed by atoms with Crippen molar-refractivity contribution in [3.63, 3.8) is 0 Å². The number of ether oxygens (including phenoxy) is 2. The van der Waals surface area contributed by atoms with Crippen LogP contribution in [0.3, 0.4) is 0 Å². The summed E-state index contributed by atoms with van der Waals surface area (Å²) in [6.07, 6.45) is 5.24. The van der Waals surface area contributed by atoms with Gasteiger partial charge in [-0.05, 0) is 37.0 Å². The SMILES string of the molecule is COc1cc(OC)cc(C(=O)N2CC[C@@]3(Cl)CCCC[C@H]3[C@@H]2c2ccccc2)c1. The smallest absolute Gasteiger partial charge is 0.254 e. The fourth-order valence-corrected chi connectivity index (χ4v) is 5.47. The topological polar surface area (TPSA) is 38.8 Å². The standard InChI is InChI=1S/C24H28ClNO3/c1-28-19-14-18(15-20(16-19)29-2)23(27)26-13-12-24(25)11-7-6-10-21(24)22(26)17-8-4-3-5-9-17/h3-5,8-9,14-16,21-22H,6-7,10-13H2,1-2H3/t21-,22-,24-/m0/s1. The van der Waals surface area contributed by atoms with Crippen LogP contribution in [0.5, 0.6) is 11.5 Å². The van der Waals surface area contributed by atoms with Gasteiger partial charge in [-0.25, -0.2) is 0 Å². The van der Waals surface area contributed by atoms with E-state index in [1.165, 1.54) is 6.42 Å². The monoisotopic (exact) mass is 413 g/mol. The molecule has 2 fully saturated rings. The zero-order valence-electron chi connectivity index (χ0n) is 17.1. The maximum atomic E-state index is 13.7. The van der Waals surface area contributed by atoms with Gasteiger partial charge in [0.2, 0.25) is 0 Å². The first-order chi connectivity index (χ1) is 14.1. The lowest BCUT2D eigenvalue weighted by Crippen LogP contribution is -2.53. The van der Waals surface area contributed by atoms with E-state index in [9.17, 15) is 4.79 Å². The van der Waals surface area contributed by atoms with Crippen LogP contribution in [0.15, 0.2) is 48.5 Å². The molecule has 154 valence electrons. The van der Waals surface area contributed by atoms with Gasteiger partial charge in [-0.2, -0.15) is 0 Å². The molecule has 2 aromatic carbocycles. The summed E-state index contributed by atoms with van der Waals surface area (Å²) < 4.78 is 10.8. The van der Waals surface area contributed by atoms with Crippen molar-refractivity contribution in [2.75, 3.05) is 20.8 Å². The number of hydrogen-bond acceptors (Lipinski definition) is 3. The molecular weight excluding hydrogens is 386 g/mol. The van der Waals surface area contributed by atoms with Gasteiger partial charge < -0.3 is 14.4 Å². The number of piperidine rings is 1. The first-order valence-electron chi connectivity index (χ1n) is 10.3. The zero-order valence-corrected chi connectivity index (χ0v) is 17.8. The molecule has 29 heavy (non-hydrogen) atoms. The minimum atomic E-state index is -0.221. The van der Waals surface area contributed by atoms with Gasteiger partial charge >= 0.3 is 0 Å². The van der Waals surface area contributed by atoms with Crippen LogP contribution >= 0.6 is 11.6 Å². The molecule has 1 heterocycles. The van der Waals surface area contributed by atoms with Crippen molar-refractivity contribution in [1.82, 2.24) is 4.90 Å². The first-order valence-corrected chi connectivity index (χ1v) is 10.7. The molecule has 1 saturated carbocycles. The maximum absolute atomic E-state index is 13.7. The third-order valence-electron chi connectivity index (χ3n) is 6.51. The lowest BCUT2D eigenvalue weighted by Gasteiger charge is -2.52. The molecule has 1 saturated heterocycles. The van der Waals surface area contributed by atoms with E-state index >= 15 is 0 Å². The van der Waals surface area contributed by atoms with Gasteiger partial charge in [-0.1, -0.05) is 43.2 Å². The highest BCUT2D eigenvalue weighted by molar-refractivity contribution is 6.24. The molecule has 0 aromatic heterocycles. The Balaban J connectivity index is 1.74. The number of likely N-dealkylation sites (tertiary alicyclic amines) is 1. The summed E-state index contributed by atoms with van der Waals surface area (Å²) in [6, 6.07) is 15.7. The molecule has 0 spiro atoms. The fourth-order valence-electron chi connectivity index (χ4n) is 5.03. The van der Waals surface area contributed by atoms with Crippen molar-refractivity contribution >= 4 is 17.5 Å². The van der Waals surface area contributed by atoms with Gasteiger partial charge in [0.15, 0.2) is 0 Å². The van der Waals surface area contributed by atoms with Crippen LogP contribution < -0.4 is 9.47 Å². The number of nitrogens with zero attached hydrogens (tertiary/aromatic N) is 1. The summed E-state index contributed by atoms with van der Waals surface area (Å²) in [6.45, 7) is 0.651. The second-order valence-corrected chi connectivity index (χ2v) is 8.85. The van der Waals surface area contributed by atoms with Gasteiger partial charge in [0, 0.05) is 24.1 Å². The Morgan fingerprint density at radius 3 is 2.38 bits per heavy atom. The second kappa shape index (κ2) is 8.27. The Morgan fingerprint density at radius 2 is 1.72 bits per heavy atom. The normalized spacial score (nSPS) is 26.5. The summed E-state index contributed by atoms with van der Waals surface area (Å²) in [5.41, 5.74) is 1.74. The highest BCUT2D eigenvalue weighted by atomic mass is 35.5. The minimum Gasteiger partial charge on any atom is -0.497 e. The number of methoxy groups -OCH3 is 2. The van der Waals surface area contributed by atoms with E-state index in [1.54, 1.807) is 32.4 Å². The van der Waals surface area contributed by atoms with Crippen molar-refractivity contribution in [3.05, 3.63) is 59.7 Å². The quantitative estimate of drug-likeness (QED) is 0.625. The molecule has 2 aliphatic rings. The van der Waals surface area contributed by atoms with Crippen molar-refractivity contribution < 1.29 is 14.3 Å². The number of carbonyl (C=O) groups excluding carboxylic acids is 1. The Bertz CT molecular complexity index is 849. The third-order valence-corrected chi connectivity index (χ3v) is 7.17. The number of benzene rings is 2. The van der Waals surface area contributed by atoms with Crippen molar-refractivity contribution in [3.8, 4) is 11.5 Å². The van der Waals surface area contributed by atoms with E-state index in [-0.39, 0.29) is 22.7 Å². The van der Waals surface area contributed by atoms with Crippen LogP contribution in [0.2, 0.25) is 0 Å². The summed E-state index contributed by atoms with van der Waals surface area (Å²) in [7, 11) is 3.20. The largest absolute Gasteiger partial charge is 0.497 e. The van der Waals surface area contributed by atoms with Crippen molar-refractivity contribution in [2.45, 2.75) is 43.0 Å². The minimum absolute atomic E-state index is 0.000318.